The van der Waals surface area contributed by atoms with Crippen LogP contribution in [0.25, 0.3) is 0 Å². The van der Waals surface area contributed by atoms with Crippen molar-refractivity contribution in [3.05, 3.63) is 17.2 Å². The summed E-state index contributed by atoms with van der Waals surface area (Å²) >= 11 is 0. The first-order valence-electron chi connectivity index (χ1n) is 12.8. The number of rotatable bonds is 20. The number of phenolic OH excluding ortho intramolecular Hbond substituents is 1. The normalized spacial score (nSPS) is 11.0. The van der Waals surface area contributed by atoms with Crippen molar-refractivity contribution in [3.63, 3.8) is 0 Å². The third-order valence-corrected chi connectivity index (χ3v) is 6.26. The van der Waals surface area contributed by atoms with Crippen LogP contribution >= 0.6 is 0 Å². The van der Waals surface area contributed by atoms with E-state index in [-0.39, 0.29) is 22.8 Å². The summed E-state index contributed by atoms with van der Waals surface area (Å²) in [4.78, 5) is 11.6. The van der Waals surface area contributed by atoms with Gasteiger partial charge in [0.1, 0.15) is 0 Å². The molecule has 0 radical (unpaired) electrons. The van der Waals surface area contributed by atoms with Gasteiger partial charge in [0.05, 0.1) is 19.8 Å². The number of carboxylic acid groups (broad SMARTS) is 1. The van der Waals surface area contributed by atoms with Gasteiger partial charge >= 0.3 is 5.97 Å². The first kappa shape index (κ1) is 28.1. The Balaban J connectivity index is 2.16. The number of unbranched alkanes of at least 4 members (excludes halogenated alkanes) is 15. The van der Waals surface area contributed by atoms with Crippen LogP contribution in [-0.4, -0.2) is 30.4 Å². The molecule has 184 valence electrons. The summed E-state index contributed by atoms with van der Waals surface area (Å²) in [6, 6.07) is 1.38. The Hall–Kier alpha value is -1.91. The van der Waals surface area contributed by atoms with Gasteiger partial charge in [-0.15, -0.1) is 0 Å². The van der Waals surface area contributed by atoms with E-state index >= 15 is 0 Å². The van der Waals surface area contributed by atoms with Gasteiger partial charge < -0.3 is 19.7 Å². The molecule has 5 heteroatoms. The molecule has 5 nitrogen and oxygen atoms in total. The van der Waals surface area contributed by atoms with Crippen LogP contribution in [-0.2, 0) is 6.42 Å². The molecule has 0 unspecified atom stereocenters. The summed E-state index contributed by atoms with van der Waals surface area (Å²) < 4.78 is 10.4. The molecule has 2 N–H and O–H groups in total. The molecule has 0 aliphatic carbocycles. The van der Waals surface area contributed by atoms with Gasteiger partial charge in [-0.25, -0.2) is 4.79 Å². The summed E-state index contributed by atoms with van der Waals surface area (Å²) in [5.41, 5.74) is 0.682. The number of hydrogen-bond acceptors (Lipinski definition) is 4. The van der Waals surface area contributed by atoms with E-state index in [0.717, 1.165) is 19.3 Å². The number of ether oxygens (including phenoxy) is 2. The first-order valence-corrected chi connectivity index (χ1v) is 12.8. The molecule has 0 saturated heterocycles. The van der Waals surface area contributed by atoms with Crippen LogP contribution < -0.4 is 9.47 Å². The van der Waals surface area contributed by atoms with Gasteiger partial charge in [-0.1, -0.05) is 103 Å². The van der Waals surface area contributed by atoms with Crippen molar-refractivity contribution >= 4 is 5.97 Å². The largest absolute Gasteiger partial charge is 0.502 e. The number of benzene rings is 1. The average molecular weight is 451 g/mol. The number of carbonyl (C=O) groups is 1. The fourth-order valence-electron chi connectivity index (χ4n) is 4.33. The van der Waals surface area contributed by atoms with Crippen LogP contribution in [0.3, 0.4) is 0 Å². The number of aromatic carboxylic acids is 1. The van der Waals surface area contributed by atoms with Crippen molar-refractivity contribution in [3.8, 4) is 17.2 Å². The van der Waals surface area contributed by atoms with Crippen LogP contribution in [0, 0.1) is 0 Å². The van der Waals surface area contributed by atoms with E-state index in [4.69, 9.17) is 9.47 Å². The van der Waals surface area contributed by atoms with E-state index in [1.54, 1.807) is 0 Å². The maximum Gasteiger partial charge on any atom is 0.336 e. The Bertz CT molecular complexity index is 641. The topological polar surface area (TPSA) is 76.0 Å². The molecule has 0 aromatic heterocycles. The van der Waals surface area contributed by atoms with Crippen molar-refractivity contribution in [1.82, 2.24) is 0 Å². The standard InChI is InChI=1S/C27H46O5/c1-4-5-6-7-8-9-10-11-12-13-14-15-16-17-18-19-20-22-23(27(29)30)21-24(31-2)25(28)26(22)32-3/h21,28H,4-20H2,1-3H3,(H,29,30). The molecule has 0 amide bonds. The Morgan fingerprint density at radius 1 is 0.750 bits per heavy atom. The molecule has 1 rings (SSSR count). The number of hydrogen-bond donors (Lipinski definition) is 2. The predicted molar refractivity (Wildman–Crippen MR) is 131 cm³/mol. The second-order valence-corrected chi connectivity index (χ2v) is 8.85. The smallest absolute Gasteiger partial charge is 0.336 e. The highest BCUT2D eigenvalue weighted by Gasteiger charge is 2.22. The molecule has 0 bridgehead atoms. The van der Waals surface area contributed by atoms with E-state index in [2.05, 4.69) is 6.92 Å². The SMILES string of the molecule is CCCCCCCCCCCCCCCCCCc1c(C(=O)O)cc(OC)c(O)c1OC. The minimum atomic E-state index is -1.03. The van der Waals surface area contributed by atoms with Crippen molar-refractivity contribution in [1.29, 1.82) is 0 Å². The molecule has 1 aromatic rings. The minimum absolute atomic E-state index is 0.120. The molecule has 0 atom stereocenters. The summed E-state index contributed by atoms with van der Waals surface area (Å²) in [6.07, 6.45) is 21.3. The summed E-state index contributed by atoms with van der Waals surface area (Å²) in [5.74, 6) is -0.836. The van der Waals surface area contributed by atoms with Crippen LogP contribution in [0.1, 0.15) is 126 Å². The quantitative estimate of drug-likeness (QED) is 0.197. The summed E-state index contributed by atoms with van der Waals surface area (Å²) in [5, 5.41) is 19.8. The van der Waals surface area contributed by atoms with E-state index in [0.29, 0.717) is 12.0 Å². The number of methoxy groups -OCH3 is 2. The molecule has 0 spiro atoms. The average Bonchev–Trinajstić information content (AvgIpc) is 2.78. The van der Waals surface area contributed by atoms with Gasteiger partial charge in [-0.05, 0) is 18.9 Å². The molecular weight excluding hydrogens is 404 g/mol. The number of phenols is 1. The molecular formula is C27H46O5. The number of carboxylic acids is 1. The third kappa shape index (κ3) is 10.6. The second-order valence-electron chi connectivity index (χ2n) is 8.85. The highest BCUT2D eigenvalue weighted by molar-refractivity contribution is 5.92. The zero-order valence-electron chi connectivity index (χ0n) is 20.7. The second kappa shape index (κ2) is 17.6. The molecule has 0 saturated carbocycles. The van der Waals surface area contributed by atoms with Gasteiger partial charge in [-0.2, -0.15) is 0 Å². The maximum absolute atomic E-state index is 11.6. The van der Waals surface area contributed by atoms with Crippen molar-refractivity contribution in [2.75, 3.05) is 14.2 Å². The zero-order valence-corrected chi connectivity index (χ0v) is 20.7. The number of aromatic hydroxyl groups is 1. The third-order valence-electron chi connectivity index (χ3n) is 6.26. The van der Waals surface area contributed by atoms with Gasteiger partial charge in [0.15, 0.2) is 11.5 Å². The molecule has 0 aliphatic rings. The minimum Gasteiger partial charge on any atom is -0.502 e. The monoisotopic (exact) mass is 450 g/mol. The van der Waals surface area contributed by atoms with E-state index in [1.165, 1.54) is 104 Å². The Morgan fingerprint density at radius 2 is 1.19 bits per heavy atom. The molecule has 1 aromatic carbocycles. The fraction of sp³-hybridized carbons (Fsp3) is 0.741. The van der Waals surface area contributed by atoms with Crippen LogP contribution in [0.5, 0.6) is 17.2 Å². The molecule has 0 aliphatic heterocycles. The fourth-order valence-corrected chi connectivity index (χ4v) is 4.33. The van der Waals surface area contributed by atoms with E-state index < -0.39 is 5.97 Å². The van der Waals surface area contributed by atoms with Crippen molar-refractivity contribution in [2.24, 2.45) is 0 Å². The van der Waals surface area contributed by atoms with E-state index in [9.17, 15) is 15.0 Å². The Labute approximate surface area is 195 Å². The summed E-state index contributed by atoms with van der Waals surface area (Å²) in [6.45, 7) is 2.27. The predicted octanol–water partition coefficient (Wildman–Crippen LogP) is 7.91. The van der Waals surface area contributed by atoms with E-state index in [1.807, 2.05) is 0 Å². The first-order chi connectivity index (χ1) is 15.6. The van der Waals surface area contributed by atoms with Crippen molar-refractivity contribution < 1.29 is 24.5 Å². The Morgan fingerprint density at radius 3 is 1.56 bits per heavy atom. The lowest BCUT2D eigenvalue weighted by Gasteiger charge is -2.16. The maximum atomic E-state index is 11.6. The van der Waals surface area contributed by atoms with Gasteiger partial charge in [0, 0.05) is 5.56 Å². The van der Waals surface area contributed by atoms with Crippen LogP contribution in [0.2, 0.25) is 0 Å². The molecule has 32 heavy (non-hydrogen) atoms. The molecule has 0 heterocycles. The molecule has 0 fully saturated rings. The lowest BCUT2D eigenvalue weighted by molar-refractivity contribution is 0.0694. The summed E-state index contributed by atoms with van der Waals surface area (Å²) in [7, 11) is 2.84. The Kier molecular flexibility index (Phi) is 15.5. The van der Waals surface area contributed by atoms with Crippen LogP contribution in [0.15, 0.2) is 6.07 Å². The van der Waals surface area contributed by atoms with Gasteiger partial charge in [-0.3, -0.25) is 0 Å². The highest BCUT2D eigenvalue weighted by atomic mass is 16.5. The van der Waals surface area contributed by atoms with Gasteiger partial charge in [0.2, 0.25) is 5.75 Å². The highest BCUT2D eigenvalue weighted by Crippen LogP contribution is 2.41. The lowest BCUT2D eigenvalue weighted by Crippen LogP contribution is -2.06. The zero-order chi connectivity index (χ0) is 23.6. The van der Waals surface area contributed by atoms with Gasteiger partial charge in [0.25, 0.3) is 0 Å². The van der Waals surface area contributed by atoms with Crippen LogP contribution in [0.4, 0.5) is 0 Å². The van der Waals surface area contributed by atoms with Crippen molar-refractivity contribution in [2.45, 2.75) is 116 Å². The lowest BCUT2D eigenvalue weighted by atomic mass is 9.98.